The monoisotopic (exact) mass is 371 g/mol. The number of carbonyl (C=O) groups is 2. The molecule has 1 aromatic carbocycles. The van der Waals surface area contributed by atoms with E-state index in [4.69, 9.17) is 9.47 Å². The highest BCUT2D eigenvalue weighted by atomic mass is 16.6. The van der Waals surface area contributed by atoms with Gasteiger partial charge in [-0.25, -0.2) is 4.79 Å². The summed E-state index contributed by atoms with van der Waals surface area (Å²) in [5.41, 5.74) is 1.13. The lowest BCUT2D eigenvalue weighted by atomic mass is 10.1. The molecule has 2 aromatic rings. The van der Waals surface area contributed by atoms with E-state index in [9.17, 15) is 19.7 Å². The first-order valence-electron chi connectivity index (χ1n) is 8.23. The van der Waals surface area contributed by atoms with E-state index < -0.39 is 10.9 Å². The van der Waals surface area contributed by atoms with E-state index in [-0.39, 0.29) is 36.8 Å². The number of anilines is 1. The van der Waals surface area contributed by atoms with E-state index in [1.807, 2.05) is 0 Å². The van der Waals surface area contributed by atoms with Crippen LogP contribution in [0.4, 0.5) is 11.6 Å². The SMILES string of the molecule is CC(C)OC(=O)c1ccc(CN2C(=O)COc3ccc([N+](=O)[O-])nc32)cc1. The molecule has 0 fully saturated rings. The molecule has 1 aliphatic rings. The third kappa shape index (κ3) is 4.02. The van der Waals surface area contributed by atoms with Crippen molar-refractivity contribution >= 4 is 23.5 Å². The molecule has 9 nitrogen and oxygen atoms in total. The Balaban J connectivity index is 1.83. The largest absolute Gasteiger partial charge is 0.477 e. The second kappa shape index (κ2) is 7.40. The van der Waals surface area contributed by atoms with Crippen molar-refractivity contribution in [3.63, 3.8) is 0 Å². The molecule has 0 unspecified atom stereocenters. The smallest absolute Gasteiger partial charge is 0.366 e. The summed E-state index contributed by atoms with van der Waals surface area (Å²) in [5.74, 6) is -0.759. The van der Waals surface area contributed by atoms with E-state index in [1.165, 1.54) is 17.0 Å². The fourth-order valence-corrected chi connectivity index (χ4v) is 2.54. The van der Waals surface area contributed by atoms with Gasteiger partial charge in [-0.05, 0) is 47.5 Å². The van der Waals surface area contributed by atoms with Gasteiger partial charge in [0.25, 0.3) is 11.7 Å². The van der Waals surface area contributed by atoms with Crippen LogP contribution in [0, 0.1) is 10.1 Å². The van der Waals surface area contributed by atoms with Gasteiger partial charge < -0.3 is 19.6 Å². The summed E-state index contributed by atoms with van der Waals surface area (Å²) in [7, 11) is 0. The first kappa shape index (κ1) is 18.3. The van der Waals surface area contributed by atoms with Crippen molar-refractivity contribution in [2.24, 2.45) is 0 Å². The first-order valence-corrected chi connectivity index (χ1v) is 8.23. The molecule has 1 aliphatic heterocycles. The van der Waals surface area contributed by atoms with Gasteiger partial charge in [0.15, 0.2) is 12.4 Å². The second-order valence-electron chi connectivity index (χ2n) is 6.17. The van der Waals surface area contributed by atoms with Gasteiger partial charge in [0.05, 0.1) is 18.2 Å². The number of hydrogen-bond acceptors (Lipinski definition) is 7. The number of esters is 1. The number of pyridine rings is 1. The number of rotatable bonds is 5. The van der Waals surface area contributed by atoms with Crippen molar-refractivity contribution in [2.75, 3.05) is 11.5 Å². The van der Waals surface area contributed by atoms with Gasteiger partial charge in [0, 0.05) is 6.07 Å². The van der Waals surface area contributed by atoms with Crippen LogP contribution in [0.25, 0.3) is 0 Å². The fraction of sp³-hybridized carbons (Fsp3) is 0.278. The zero-order chi connectivity index (χ0) is 19.6. The van der Waals surface area contributed by atoms with Crippen LogP contribution in [-0.4, -0.2) is 34.5 Å². The predicted molar refractivity (Wildman–Crippen MR) is 94.6 cm³/mol. The summed E-state index contributed by atoms with van der Waals surface area (Å²) in [4.78, 5) is 39.7. The average Bonchev–Trinajstić information content (AvgIpc) is 2.63. The summed E-state index contributed by atoms with van der Waals surface area (Å²) >= 11 is 0. The van der Waals surface area contributed by atoms with Crippen molar-refractivity contribution in [1.82, 2.24) is 4.98 Å². The Hall–Kier alpha value is -3.49. The zero-order valence-corrected chi connectivity index (χ0v) is 14.7. The van der Waals surface area contributed by atoms with Gasteiger partial charge >= 0.3 is 11.8 Å². The van der Waals surface area contributed by atoms with Crippen LogP contribution in [0.1, 0.15) is 29.8 Å². The molecule has 1 amide bonds. The van der Waals surface area contributed by atoms with Crippen LogP contribution >= 0.6 is 0 Å². The molecule has 27 heavy (non-hydrogen) atoms. The van der Waals surface area contributed by atoms with Crippen molar-refractivity contribution in [3.05, 3.63) is 57.6 Å². The van der Waals surface area contributed by atoms with E-state index >= 15 is 0 Å². The topological polar surface area (TPSA) is 112 Å². The number of amides is 1. The van der Waals surface area contributed by atoms with E-state index in [2.05, 4.69) is 4.98 Å². The minimum absolute atomic E-state index is 0.101. The summed E-state index contributed by atoms with van der Waals surface area (Å²) in [6.07, 6.45) is -0.221. The third-order valence-electron chi connectivity index (χ3n) is 3.79. The standard InChI is InChI=1S/C18H17N3O6/c1-11(2)27-18(23)13-5-3-12(4-6-13)9-20-16(22)10-26-14-7-8-15(21(24)25)19-17(14)20/h3-8,11H,9-10H2,1-2H3. The molecule has 0 saturated heterocycles. The molecule has 140 valence electrons. The number of nitrogens with zero attached hydrogens (tertiary/aromatic N) is 3. The molecule has 3 rings (SSSR count). The molecule has 0 spiro atoms. The van der Waals surface area contributed by atoms with Crippen molar-refractivity contribution < 1.29 is 24.0 Å². The Kier molecular flexibility index (Phi) is 5.02. The molecule has 2 heterocycles. The molecular formula is C18H17N3O6. The quantitative estimate of drug-likeness (QED) is 0.451. The molecule has 0 saturated carbocycles. The number of fused-ring (bicyclic) bond motifs is 1. The number of aromatic nitrogens is 1. The Morgan fingerprint density at radius 2 is 2.00 bits per heavy atom. The molecule has 0 bridgehead atoms. The summed E-state index contributed by atoms with van der Waals surface area (Å²) < 4.78 is 10.4. The Bertz CT molecular complexity index is 894. The summed E-state index contributed by atoms with van der Waals surface area (Å²) in [6.45, 7) is 3.49. The van der Waals surface area contributed by atoms with Crippen LogP contribution in [0.3, 0.4) is 0 Å². The molecule has 0 aliphatic carbocycles. The van der Waals surface area contributed by atoms with Crippen LogP contribution in [-0.2, 0) is 16.1 Å². The minimum Gasteiger partial charge on any atom is -0.477 e. The Morgan fingerprint density at radius 3 is 2.63 bits per heavy atom. The molecule has 1 aromatic heterocycles. The van der Waals surface area contributed by atoms with Gasteiger partial charge in [-0.3, -0.25) is 9.69 Å². The Morgan fingerprint density at radius 1 is 1.30 bits per heavy atom. The third-order valence-corrected chi connectivity index (χ3v) is 3.79. The molecule has 0 radical (unpaired) electrons. The molecule has 9 heteroatoms. The van der Waals surface area contributed by atoms with Crippen LogP contribution in [0.5, 0.6) is 5.75 Å². The van der Waals surface area contributed by atoms with Gasteiger partial charge in [0.1, 0.15) is 0 Å². The lowest BCUT2D eigenvalue weighted by molar-refractivity contribution is -0.389. The summed E-state index contributed by atoms with van der Waals surface area (Å²) in [6, 6.07) is 9.24. The van der Waals surface area contributed by atoms with E-state index in [0.29, 0.717) is 11.3 Å². The minimum atomic E-state index is -0.632. The maximum atomic E-state index is 12.3. The number of ether oxygens (including phenoxy) is 2. The highest BCUT2D eigenvalue weighted by Gasteiger charge is 2.32. The molecule has 0 N–H and O–H groups in total. The summed E-state index contributed by atoms with van der Waals surface area (Å²) in [5, 5.41) is 11.0. The maximum Gasteiger partial charge on any atom is 0.366 e. The highest BCUT2D eigenvalue weighted by molar-refractivity contribution is 5.96. The van der Waals surface area contributed by atoms with Crippen molar-refractivity contribution in [2.45, 2.75) is 26.5 Å². The predicted octanol–water partition coefficient (Wildman–Crippen LogP) is 2.48. The van der Waals surface area contributed by atoms with Crippen LogP contribution in [0.2, 0.25) is 0 Å². The van der Waals surface area contributed by atoms with Gasteiger partial charge in [-0.15, -0.1) is 0 Å². The number of benzene rings is 1. The number of hydrogen-bond donors (Lipinski definition) is 0. The van der Waals surface area contributed by atoms with Gasteiger partial charge in [-0.1, -0.05) is 12.1 Å². The number of nitro groups is 1. The highest BCUT2D eigenvalue weighted by Crippen LogP contribution is 2.33. The number of carbonyl (C=O) groups excluding carboxylic acids is 2. The molecule has 0 atom stereocenters. The van der Waals surface area contributed by atoms with Crippen molar-refractivity contribution in [3.8, 4) is 5.75 Å². The maximum absolute atomic E-state index is 12.3. The average molecular weight is 371 g/mol. The second-order valence-corrected chi connectivity index (χ2v) is 6.17. The Labute approximate surface area is 154 Å². The van der Waals surface area contributed by atoms with Crippen LogP contribution in [0.15, 0.2) is 36.4 Å². The van der Waals surface area contributed by atoms with Crippen LogP contribution < -0.4 is 9.64 Å². The zero-order valence-electron chi connectivity index (χ0n) is 14.7. The van der Waals surface area contributed by atoms with Gasteiger partial charge in [-0.2, -0.15) is 0 Å². The fourth-order valence-electron chi connectivity index (χ4n) is 2.54. The lowest BCUT2D eigenvalue weighted by Crippen LogP contribution is -2.39. The lowest BCUT2D eigenvalue weighted by Gasteiger charge is -2.25. The van der Waals surface area contributed by atoms with E-state index in [0.717, 1.165) is 5.56 Å². The van der Waals surface area contributed by atoms with Gasteiger partial charge in [0.2, 0.25) is 0 Å². The van der Waals surface area contributed by atoms with Crippen molar-refractivity contribution in [1.29, 1.82) is 0 Å². The first-order chi connectivity index (χ1) is 12.8. The van der Waals surface area contributed by atoms with E-state index in [1.54, 1.807) is 38.1 Å². The molecular weight excluding hydrogens is 354 g/mol. The normalized spacial score (nSPS) is 13.1.